The number of phenolic OH excluding ortho intramolecular Hbond substituents is 1. The van der Waals surface area contributed by atoms with Gasteiger partial charge < -0.3 is 5.11 Å². The summed E-state index contributed by atoms with van der Waals surface area (Å²) in [6.07, 6.45) is 4.36. The molecule has 2 aromatic carbocycles. The molecule has 0 saturated heterocycles. The van der Waals surface area contributed by atoms with E-state index in [0.29, 0.717) is 0 Å². The van der Waals surface area contributed by atoms with E-state index in [-0.39, 0.29) is 11.2 Å². The average molecular weight is 370 g/mol. The van der Waals surface area contributed by atoms with E-state index in [1.54, 1.807) is 18.3 Å². The zero-order valence-electron chi connectivity index (χ0n) is 12.2. The number of allylic oxidation sites excluding steroid dienone is 1. The molecule has 0 atom stereocenters. The van der Waals surface area contributed by atoms with Crippen LogP contribution in [0.1, 0.15) is 12.0 Å². The number of nitrogens with zero attached hydrogens (tertiary/aromatic N) is 2. The van der Waals surface area contributed by atoms with Crippen molar-refractivity contribution in [3.8, 4) is 5.75 Å². The van der Waals surface area contributed by atoms with Crippen molar-refractivity contribution in [1.82, 2.24) is 4.68 Å². The minimum Gasteiger partial charge on any atom is -0.507 e. The molecule has 0 radical (unpaired) electrons. The van der Waals surface area contributed by atoms with Crippen LogP contribution in [0.15, 0.2) is 57.9 Å². The van der Waals surface area contributed by atoms with E-state index >= 15 is 0 Å². The first-order valence-corrected chi connectivity index (χ1v) is 8.17. The molecule has 0 amide bonds. The standard InChI is InChI=1S/C18H13BrN2O2/c19-13-5-6-17(22)12(9-13)10-14-7-8-20-16-4-2-1-3-15(16)18(23)11-21(14)20/h1-6,9-11H,7-8H2/p+1. The van der Waals surface area contributed by atoms with Gasteiger partial charge in [0, 0.05) is 16.1 Å². The van der Waals surface area contributed by atoms with Gasteiger partial charge in [-0.15, -0.1) is 4.68 Å². The average Bonchev–Trinajstić information content (AvgIpc) is 2.94. The third kappa shape index (κ3) is 2.37. The van der Waals surface area contributed by atoms with Gasteiger partial charge in [0.2, 0.25) is 11.9 Å². The first-order chi connectivity index (χ1) is 11.1. The van der Waals surface area contributed by atoms with Gasteiger partial charge in [-0.1, -0.05) is 32.7 Å². The van der Waals surface area contributed by atoms with Crippen LogP contribution in [0.2, 0.25) is 0 Å². The maximum atomic E-state index is 12.3. The van der Waals surface area contributed by atoms with Crippen LogP contribution in [0.25, 0.3) is 22.7 Å². The lowest BCUT2D eigenvalue weighted by atomic mass is 10.1. The molecule has 0 saturated carbocycles. The fourth-order valence-corrected chi connectivity index (χ4v) is 3.41. The summed E-state index contributed by atoms with van der Waals surface area (Å²) in [5.41, 5.74) is 2.65. The van der Waals surface area contributed by atoms with Crippen LogP contribution in [-0.2, 0) is 6.54 Å². The smallest absolute Gasteiger partial charge is 0.254 e. The normalized spacial score (nSPS) is 15.3. The van der Waals surface area contributed by atoms with Gasteiger partial charge in [-0.25, -0.2) is 0 Å². The topological polar surface area (TPSA) is 46.1 Å². The number of halogens is 1. The summed E-state index contributed by atoms with van der Waals surface area (Å²) in [5, 5.41) is 10.8. The van der Waals surface area contributed by atoms with Crippen LogP contribution in [0.4, 0.5) is 0 Å². The third-order valence-corrected chi connectivity index (χ3v) is 4.63. The van der Waals surface area contributed by atoms with E-state index in [1.807, 2.05) is 41.1 Å². The molecule has 0 spiro atoms. The summed E-state index contributed by atoms with van der Waals surface area (Å²) in [7, 11) is 0. The Bertz CT molecular complexity index is 1020. The highest BCUT2D eigenvalue weighted by Gasteiger charge is 2.27. The summed E-state index contributed by atoms with van der Waals surface area (Å²) in [6.45, 7) is 0.807. The predicted molar refractivity (Wildman–Crippen MR) is 93.0 cm³/mol. The number of aromatic hydroxyl groups is 1. The molecule has 4 rings (SSSR count). The van der Waals surface area contributed by atoms with Crippen molar-refractivity contribution in [2.24, 2.45) is 0 Å². The second kappa shape index (κ2) is 5.35. The van der Waals surface area contributed by atoms with Crippen LogP contribution in [0, 0.1) is 0 Å². The molecule has 3 aromatic rings. The van der Waals surface area contributed by atoms with E-state index in [0.717, 1.165) is 39.6 Å². The highest BCUT2D eigenvalue weighted by atomic mass is 79.9. The highest BCUT2D eigenvalue weighted by molar-refractivity contribution is 9.10. The summed E-state index contributed by atoms with van der Waals surface area (Å²) >= 11 is 3.42. The molecular weight excluding hydrogens is 356 g/mol. The van der Waals surface area contributed by atoms with Gasteiger partial charge in [0.1, 0.15) is 11.3 Å². The number of hydrogen-bond donors (Lipinski definition) is 1. The van der Waals surface area contributed by atoms with E-state index < -0.39 is 0 Å². The van der Waals surface area contributed by atoms with Crippen LogP contribution < -0.4 is 10.1 Å². The Labute approximate surface area is 141 Å². The van der Waals surface area contributed by atoms with Gasteiger partial charge in [-0.05, 0) is 30.3 Å². The first-order valence-electron chi connectivity index (χ1n) is 7.37. The quantitative estimate of drug-likeness (QED) is 0.669. The number of benzene rings is 2. The number of aromatic nitrogens is 2. The first kappa shape index (κ1) is 14.2. The Balaban J connectivity index is 1.93. The van der Waals surface area contributed by atoms with Crippen molar-refractivity contribution in [1.29, 1.82) is 0 Å². The van der Waals surface area contributed by atoms with Gasteiger partial charge in [0.25, 0.3) is 5.43 Å². The molecule has 1 N–H and O–H groups in total. The van der Waals surface area contributed by atoms with Crippen molar-refractivity contribution >= 4 is 38.6 Å². The van der Waals surface area contributed by atoms with Crippen LogP contribution in [0.3, 0.4) is 0 Å². The molecule has 23 heavy (non-hydrogen) atoms. The summed E-state index contributed by atoms with van der Waals surface area (Å²) in [4.78, 5) is 12.3. The van der Waals surface area contributed by atoms with E-state index in [9.17, 15) is 9.90 Å². The summed E-state index contributed by atoms with van der Waals surface area (Å²) < 4.78 is 4.89. The van der Waals surface area contributed by atoms with Crippen LogP contribution >= 0.6 is 15.9 Å². The number of fused-ring (bicyclic) bond motifs is 3. The minimum absolute atomic E-state index is 0.00288. The fraction of sp³-hybridized carbons (Fsp3) is 0.111. The molecule has 1 aliphatic heterocycles. The summed E-state index contributed by atoms with van der Waals surface area (Å²) in [5.74, 6) is 0.225. The van der Waals surface area contributed by atoms with Crippen LogP contribution in [0.5, 0.6) is 5.75 Å². The van der Waals surface area contributed by atoms with Crippen molar-refractivity contribution in [3.05, 3.63) is 68.9 Å². The number of rotatable bonds is 1. The number of phenols is 1. The SMILES string of the molecule is O=c1c[n+]2n(c3ccccc13)CC/C2=C\c1cc(Br)ccc1O. The summed E-state index contributed by atoms with van der Waals surface area (Å²) in [6, 6.07) is 13.0. The highest BCUT2D eigenvalue weighted by Crippen LogP contribution is 2.26. The molecule has 2 heterocycles. The third-order valence-electron chi connectivity index (χ3n) is 4.13. The van der Waals surface area contributed by atoms with E-state index in [4.69, 9.17) is 0 Å². The largest absolute Gasteiger partial charge is 0.507 e. The lowest BCUT2D eigenvalue weighted by Gasteiger charge is -2.03. The molecule has 0 aliphatic carbocycles. The van der Waals surface area contributed by atoms with Crippen molar-refractivity contribution in [2.75, 3.05) is 0 Å². The van der Waals surface area contributed by atoms with E-state index in [2.05, 4.69) is 20.6 Å². The van der Waals surface area contributed by atoms with Gasteiger partial charge in [-0.3, -0.25) is 4.79 Å². The molecule has 5 heteroatoms. The number of para-hydroxylation sites is 1. The fourth-order valence-electron chi connectivity index (χ4n) is 3.03. The minimum atomic E-state index is 0.00288. The molecule has 1 aromatic heterocycles. The monoisotopic (exact) mass is 369 g/mol. The molecule has 0 fully saturated rings. The zero-order chi connectivity index (χ0) is 16.0. The second-order valence-corrected chi connectivity index (χ2v) is 6.48. The Morgan fingerprint density at radius 1 is 1.22 bits per heavy atom. The lowest BCUT2D eigenvalue weighted by Crippen LogP contribution is -2.42. The molecule has 114 valence electrons. The Morgan fingerprint density at radius 3 is 2.91 bits per heavy atom. The van der Waals surface area contributed by atoms with Gasteiger partial charge in [0.15, 0.2) is 0 Å². The van der Waals surface area contributed by atoms with E-state index in [1.165, 1.54) is 0 Å². The predicted octanol–water partition coefficient (Wildman–Crippen LogP) is 3.16. The van der Waals surface area contributed by atoms with Gasteiger partial charge in [-0.2, -0.15) is 0 Å². The Kier molecular flexibility index (Phi) is 3.31. The molecule has 1 aliphatic rings. The Hall–Kier alpha value is -2.40. The molecule has 4 nitrogen and oxygen atoms in total. The molecular formula is C18H14BrN2O2+. The molecule has 0 unspecified atom stereocenters. The van der Waals surface area contributed by atoms with Gasteiger partial charge >= 0.3 is 0 Å². The van der Waals surface area contributed by atoms with Gasteiger partial charge in [0.05, 0.1) is 18.4 Å². The Morgan fingerprint density at radius 2 is 2.04 bits per heavy atom. The maximum Gasteiger partial charge on any atom is 0.254 e. The second-order valence-electron chi connectivity index (χ2n) is 5.57. The number of hydrogen-bond acceptors (Lipinski definition) is 2. The van der Waals surface area contributed by atoms with Crippen molar-refractivity contribution in [2.45, 2.75) is 13.0 Å². The zero-order valence-corrected chi connectivity index (χ0v) is 13.8. The molecule has 0 bridgehead atoms. The van der Waals surface area contributed by atoms with Crippen LogP contribution in [-0.4, -0.2) is 9.79 Å². The maximum absolute atomic E-state index is 12.3. The van der Waals surface area contributed by atoms with Crippen molar-refractivity contribution < 1.29 is 9.79 Å². The number of aryl methyl sites for hydroxylation is 1. The van der Waals surface area contributed by atoms with Crippen molar-refractivity contribution in [3.63, 3.8) is 0 Å². The lowest BCUT2D eigenvalue weighted by molar-refractivity contribution is -0.661.